The van der Waals surface area contributed by atoms with Crippen molar-refractivity contribution < 1.29 is 4.52 Å². The van der Waals surface area contributed by atoms with Gasteiger partial charge in [-0.1, -0.05) is 11.2 Å². The van der Waals surface area contributed by atoms with Crippen LogP contribution in [0.1, 0.15) is 5.69 Å². The Bertz CT molecular complexity index is 438. The highest BCUT2D eigenvalue weighted by molar-refractivity contribution is 5.49. The Balaban J connectivity index is 2.39. The van der Waals surface area contributed by atoms with E-state index in [-0.39, 0.29) is 0 Å². The highest BCUT2D eigenvalue weighted by Gasteiger charge is 2.07. The molecule has 72 valence electrons. The lowest BCUT2D eigenvalue weighted by atomic mass is 10.3. The molecular formula is C9H10N4O. The van der Waals surface area contributed by atoms with E-state index >= 15 is 0 Å². The molecule has 0 bridgehead atoms. The molecule has 0 aromatic carbocycles. The van der Waals surface area contributed by atoms with Crippen LogP contribution in [0.25, 0.3) is 11.5 Å². The van der Waals surface area contributed by atoms with Gasteiger partial charge >= 0.3 is 6.01 Å². The first-order valence-electron chi connectivity index (χ1n) is 4.25. The summed E-state index contributed by atoms with van der Waals surface area (Å²) in [6.45, 7) is 1.92. The van der Waals surface area contributed by atoms with E-state index in [0.29, 0.717) is 11.8 Å². The van der Waals surface area contributed by atoms with E-state index in [1.54, 1.807) is 7.05 Å². The summed E-state index contributed by atoms with van der Waals surface area (Å²) in [4.78, 5) is 8.37. The minimum Gasteiger partial charge on any atom is -0.341 e. The van der Waals surface area contributed by atoms with Crippen LogP contribution in [0, 0.1) is 6.92 Å². The fourth-order valence-corrected chi connectivity index (χ4v) is 1.10. The maximum absolute atomic E-state index is 4.90. The Morgan fingerprint density at radius 2 is 2.14 bits per heavy atom. The number of nitrogens with one attached hydrogen (secondary N) is 1. The van der Waals surface area contributed by atoms with Crippen LogP contribution in [0.2, 0.25) is 0 Å². The van der Waals surface area contributed by atoms with Crippen molar-refractivity contribution in [3.8, 4) is 11.5 Å². The quantitative estimate of drug-likeness (QED) is 0.777. The summed E-state index contributed by atoms with van der Waals surface area (Å²) in [5.74, 6) is 0.498. The fourth-order valence-electron chi connectivity index (χ4n) is 1.10. The summed E-state index contributed by atoms with van der Waals surface area (Å²) in [5, 5.41) is 6.55. The molecule has 2 aromatic heterocycles. The third kappa shape index (κ3) is 1.56. The molecule has 5 heteroatoms. The Hall–Kier alpha value is -1.91. The van der Waals surface area contributed by atoms with Crippen LogP contribution in [0.3, 0.4) is 0 Å². The third-order valence-electron chi connectivity index (χ3n) is 1.76. The van der Waals surface area contributed by atoms with Crippen LogP contribution < -0.4 is 5.32 Å². The Morgan fingerprint density at radius 1 is 1.29 bits per heavy atom. The van der Waals surface area contributed by atoms with Gasteiger partial charge in [0.2, 0.25) is 5.82 Å². The molecule has 1 N–H and O–H groups in total. The van der Waals surface area contributed by atoms with Gasteiger partial charge in [0.05, 0.1) is 0 Å². The second-order valence-corrected chi connectivity index (χ2v) is 2.84. The number of pyridine rings is 1. The molecule has 0 fully saturated rings. The molecule has 0 saturated heterocycles. The maximum Gasteiger partial charge on any atom is 0.321 e. The lowest BCUT2D eigenvalue weighted by molar-refractivity contribution is 0.434. The normalized spacial score (nSPS) is 10.1. The number of aryl methyl sites for hydroxylation is 1. The van der Waals surface area contributed by atoms with Crippen molar-refractivity contribution >= 4 is 6.01 Å². The molecule has 0 aliphatic heterocycles. The SMILES string of the molecule is CNc1nc(-c2cccc(C)n2)no1. The first kappa shape index (κ1) is 8.68. The van der Waals surface area contributed by atoms with Crippen molar-refractivity contribution in [2.75, 3.05) is 12.4 Å². The van der Waals surface area contributed by atoms with Crippen molar-refractivity contribution in [2.45, 2.75) is 6.92 Å². The lowest BCUT2D eigenvalue weighted by Crippen LogP contribution is -1.89. The summed E-state index contributed by atoms with van der Waals surface area (Å²) >= 11 is 0. The van der Waals surface area contributed by atoms with Gasteiger partial charge < -0.3 is 9.84 Å². The third-order valence-corrected chi connectivity index (χ3v) is 1.76. The monoisotopic (exact) mass is 190 g/mol. The molecule has 14 heavy (non-hydrogen) atoms. The second kappa shape index (κ2) is 3.45. The fraction of sp³-hybridized carbons (Fsp3) is 0.222. The summed E-state index contributed by atoms with van der Waals surface area (Å²) in [5.41, 5.74) is 1.65. The van der Waals surface area contributed by atoms with E-state index in [1.807, 2.05) is 25.1 Å². The second-order valence-electron chi connectivity index (χ2n) is 2.84. The number of anilines is 1. The number of hydrogen-bond acceptors (Lipinski definition) is 5. The van der Waals surface area contributed by atoms with Crippen molar-refractivity contribution in [1.29, 1.82) is 0 Å². The van der Waals surface area contributed by atoms with Crippen LogP contribution >= 0.6 is 0 Å². The molecule has 0 aliphatic carbocycles. The van der Waals surface area contributed by atoms with Crippen LogP contribution in [-0.4, -0.2) is 22.2 Å². The van der Waals surface area contributed by atoms with Gasteiger partial charge in [-0.2, -0.15) is 4.98 Å². The zero-order valence-electron chi connectivity index (χ0n) is 7.98. The molecule has 2 heterocycles. The summed E-state index contributed by atoms with van der Waals surface area (Å²) < 4.78 is 4.90. The molecule has 2 rings (SSSR count). The van der Waals surface area contributed by atoms with Gasteiger partial charge in [0.15, 0.2) is 0 Å². The van der Waals surface area contributed by atoms with Gasteiger partial charge in [0.1, 0.15) is 5.69 Å². The Morgan fingerprint density at radius 3 is 2.79 bits per heavy atom. The topological polar surface area (TPSA) is 63.8 Å². The molecular weight excluding hydrogens is 180 g/mol. The van der Waals surface area contributed by atoms with Crippen molar-refractivity contribution in [1.82, 2.24) is 15.1 Å². The summed E-state index contributed by atoms with van der Waals surface area (Å²) in [6, 6.07) is 6.07. The molecule has 0 saturated carbocycles. The first-order chi connectivity index (χ1) is 6.79. The van der Waals surface area contributed by atoms with Crippen LogP contribution in [0.5, 0.6) is 0 Å². The molecule has 0 atom stereocenters. The minimum absolute atomic E-state index is 0.392. The standard InChI is InChI=1S/C9H10N4O/c1-6-4-3-5-7(11-6)8-12-9(10-2)14-13-8/h3-5H,1-2H3,(H,10,12,13). The molecule has 0 radical (unpaired) electrons. The summed E-state index contributed by atoms with van der Waals surface area (Å²) in [7, 11) is 1.72. The lowest BCUT2D eigenvalue weighted by Gasteiger charge is -1.94. The van der Waals surface area contributed by atoms with E-state index in [4.69, 9.17) is 4.52 Å². The van der Waals surface area contributed by atoms with Gasteiger partial charge in [0, 0.05) is 12.7 Å². The minimum atomic E-state index is 0.392. The van der Waals surface area contributed by atoms with Crippen LogP contribution in [0.15, 0.2) is 22.7 Å². The highest BCUT2D eigenvalue weighted by Crippen LogP contribution is 2.14. The average Bonchev–Trinajstić information content (AvgIpc) is 2.66. The van der Waals surface area contributed by atoms with E-state index in [2.05, 4.69) is 20.4 Å². The van der Waals surface area contributed by atoms with E-state index in [0.717, 1.165) is 11.4 Å². The van der Waals surface area contributed by atoms with Crippen molar-refractivity contribution in [3.05, 3.63) is 23.9 Å². The maximum atomic E-state index is 4.90. The van der Waals surface area contributed by atoms with Gasteiger partial charge in [-0.25, -0.2) is 4.98 Å². The van der Waals surface area contributed by atoms with Gasteiger partial charge in [-0.15, -0.1) is 0 Å². The zero-order valence-corrected chi connectivity index (χ0v) is 7.98. The highest BCUT2D eigenvalue weighted by atomic mass is 16.5. The number of hydrogen-bond donors (Lipinski definition) is 1. The van der Waals surface area contributed by atoms with Gasteiger partial charge in [0.25, 0.3) is 0 Å². The average molecular weight is 190 g/mol. The van der Waals surface area contributed by atoms with E-state index in [1.165, 1.54) is 0 Å². The Labute approximate surface area is 81.2 Å². The van der Waals surface area contributed by atoms with E-state index < -0.39 is 0 Å². The predicted molar refractivity (Wildman–Crippen MR) is 51.8 cm³/mol. The molecule has 5 nitrogen and oxygen atoms in total. The molecule has 0 aliphatic rings. The molecule has 0 amide bonds. The predicted octanol–water partition coefficient (Wildman–Crippen LogP) is 1.48. The summed E-state index contributed by atoms with van der Waals surface area (Å²) in [6.07, 6.45) is 0. The van der Waals surface area contributed by atoms with Gasteiger partial charge in [-0.3, -0.25) is 0 Å². The Kier molecular flexibility index (Phi) is 2.14. The van der Waals surface area contributed by atoms with Gasteiger partial charge in [-0.05, 0) is 19.1 Å². The molecule has 0 spiro atoms. The number of rotatable bonds is 2. The number of nitrogens with zero attached hydrogens (tertiary/aromatic N) is 3. The van der Waals surface area contributed by atoms with Crippen LogP contribution in [-0.2, 0) is 0 Å². The van der Waals surface area contributed by atoms with Crippen LogP contribution in [0.4, 0.5) is 6.01 Å². The molecule has 0 unspecified atom stereocenters. The molecule has 2 aromatic rings. The number of aromatic nitrogens is 3. The van der Waals surface area contributed by atoms with Crippen molar-refractivity contribution in [3.63, 3.8) is 0 Å². The van der Waals surface area contributed by atoms with E-state index in [9.17, 15) is 0 Å². The van der Waals surface area contributed by atoms with Crippen molar-refractivity contribution in [2.24, 2.45) is 0 Å². The smallest absolute Gasteiger partial charge is 0.321 e. The zero-order chi connectivity index (χ0) is 9.97. The first-order valence-corrected chi connectivity index (χ1v) is 4.25. The largest absolute Gasteiger partial charge is 0.341 e.